The predicted octanol–water partition coefficient (Wildman–Crippen LogP) is 2.25. The van der Waals surface area contributed by atoms with E-state index >= 15 is 0 Å². The van der Waals surface area contributed by atoms with Crippen molar-refractivity contribution in [3.63, 3.8) is 0 Å². The van der Waals surface area contributed by atoms with Crippen LogP contribution in [0.4, 0.5) is 0 Å². The minimum absolute atomic E-state index is 0.897. The van der Waals surface area contributed by atoms with E-state index in [1.54, 1.807) is 0 Å². The Morgan fingerprint density at radius 3 is 2.33 bits per heavy atom. The van der Waals surface area contributed by atoms with Gasteiger partial charge in [0.15, 0.2) is 0 Å². The highest BCUT2D eigenvalue weighted by atomic mass is 15.1. The molecule has 0 aromatic carbocycles. The number of nitrogens with one attached hydrogen (secondary N) is 1. The molecule has 0 radical (unpaired) electrons. The summed E-state index contributed by atoms with van der Waals surface area (Å²) >= 11 is 0. The van der Waals surface area contributed by atoms with Crippen LogP contribution in [0.5, 0.6) is 0 Å². The normalized spacial score (nSPS) is 26.0. The Hall–Kier alpha value is -0.0800. The molecule has 1 heterocycles. The Morgan fingerprint density at radius 1 is 1.00 bits per heavy atom. The number of hydrogen-bond donors (Lipinski definition) is 1. The molecule has 0 bridgehead atoms. The van der Waals surface area contributed by atoms with Crippen molar-refractivity contribution in [2.24, 2.45) is 5.92 Å². The maximum absolute atomic E-state index is 3.45. The number of piperidine rings is 1. The van der Waals surface area contributed by atoms with Crippen molar-refractivity contribution in [3.05, 3.63) is 0 Å². The lowest BCUT2D eigenvalue weighted by atomic mass is 9.92. The SMILES string of the molecule is CN(CC1CCNCC1)C1CCCCC1. The average Bonchev–Trinajstić information content (AvgIpc) is 2.31. The summed E-state index contributed by atoms with van der Waals surface area (Å²) in [5.74, 6) is 0.957. The second kappa shape index (κ2) is 5.86. The van der Waals surface area contributed by atoms with E-state index in [1.165, 1.54) is 64.6 Å². The first-order chi connectivity index (χ1) is 7.36. The molecule has 2 rings (SSSR count). The summed E-state index contributed by atoms with van der Waals surface area (Å²) in [6, 6.07) is 0.897. The molecule has 1 aliphatic carbocycles. The molecule has 2 fully saturated rings. The molecule has 15 heavy (non-hydrogen) atoms. The molecule has 0 aromatic heterocycles. The van der Waals surface area contributed by atoms with E-state index in [-0.39, 0.29) is 0 Å². The second-order valence-electron chi connectivity index (χ2n) is 5.42. The smallest absolute Gasteiger partial charge is 0.00923 e. The van der Waals surface area contributed by atoms with Gasteiger partial charge < -0.3 is 10.2 Å². The van der Waals surface area contributed by atoms with Gasteiger partial charge in [-0.3, -0.25) is 0 Å². The predicted molar refractivity (Wildman–Crippen MR) is 65.1 cm³/mol. The van der Waals surface area contributed by atoms with Gasteiger partial charge in [0.1, 0.15) is 0 Å². The van der Waals surface area contributed by atoms with Gasteiger partial charge in [-0.1, -0.05) is 19.3 Å². The van der Waals surface area contributed by atoms with Gasteiger partial charge in [-0.05, 0) is 51.7 Å². The van der Waals surface area contributed by atoms with Crippen molar-refractivity contribution >= 4 is 0 Å². The van der Waals surface area contributed by atoms with Crippen molar-refractivity contribution in [2.75, 3.05) is 26.7 Å². The highest BCUT2D eigenvalue weighted by Crippen LogP contribution is 2.23. The van der Waals surface area contributed by atoms with E-state index < -0.39 is 0 Å². The summed E-state index contributed by atoms with van der Waals surface area (Å²) in [5.41, 5.74) is 0. The summed E-state index contributed by atoms with van der Waals surface area (Å²) in [6.45, 7) is 3.82. The van der Waals surface area contributed by atoms with Gasteiger partial charge in [0.2, 0.25) is 0 Å². The topological polar surface area (TPSA) is 15.3 Å². The van der Waals surface area contributed by atoms with Crippen LogP contribution in [-0.2, 0) is 0 Å². The van der Waals surface area contributed by atoms with Crippen molar-refractivity contribution in [1.82, 2.24) is 10.2 Å². The van der Waals surface area contributed by atoms with E-state index in [2.05, 4.69) is 17.3 Å². The Bertz CT molecular complexity index is 169. The van der Waals surface area contributed by atoms with Crippen LogP contribution >= 0.6 is 0 Å². The van der Waals surface area contributed by atoms with E-state index in [0.717, 1.165) is 12.0 Å². The monoisotopic (exact) mass is 210 g/mol. The van der Waals surface area contributed by atoms with Crippen molar-refractivity contribution in [1.29, 1.82) is 0 Å². The van der Waals surface area contributed by atoms with Crippen LogP contribution in [0.2, 0.25) is 0 Å². The maximum atomic E-state index is 3.45. The van der Waals surface area contributed by atoms with Crippen LogP contribution in [0.3, 0.4) is 0 Å². The van der Waals surface area contributed by atoms with Crippen molar-refractivity contribution in [3.8, 4) is 0 Å². The first-order valence-corrected chi connectivity index (χ1v) is 6.77. The van der Waals surface area contributed by atoms with E-state index in [1.807, 2.05) is 0 Å². The maximum Gasteiger partial charge on any atom is 0.00923 e. The number of rotatable bonds is 3. The molecular formula is C13H26N2. The zero-order valence-electron chi connectivity index (χ0n) is 10.2. The first kappa shape index (κ1) is 11.4. The fourth-order valence-electron chi connectivity index (χ4n) is 3.14. The Kier molecular flexibility index (Phi) is 4.45. The minimum Gasteiger partial charge on any atom is -0.317 e. The molecule has 1 aliphatic heterocycles. The zero-order chi connectivity index (χ0) is 10.5. The van der Waals surface area contributed by atoms with Gasteiger partial charge in [0.25, 0.3) is 0 Å². The summed E-state index contributed by atoms with van der Waals surface area (Å²) in [5, 5.41) is 3.45. The van der Waals surface area contributed by atoms with Crippen LogP contribution in [-0.4, -0.2) is 37.6 Å². The Morgan fingerprint density at radius 2 is 1.67 bits per heavy atom. The summed E-state index contributed by atoms with van der Waals surface area (Å²) in [4.78, 5) is 2.65. The van der Waals surface area contributed by atoms with Crippen LogP contribution in [0.1, 0.15) is 44.9 Å². The lowest BCUT2D eigenvalue weighted by Gasteiger charge is -2.35. The van der Waals surface area contributed by atoms with Crippen molar-refractivity contribution < 1.29 is 0 Å². The van der Waals surface area contributed by atoms with E-state index in [4.69, 9.17) is 0 Å². The third kappa shape index (κ3) is 3.46. The van der Waals surface area contributed by atoms with Crippen LogP contribution in [0.15, 0.2) is 0 Å². The van der Waals surface area contributed by atoms with Gasteiger partial charge >= 0.3 is 0 Å². The molecule has 1 N–H and O–H groups in total. The van der Waals surface area contributed by atoms with Gasteiger partial charge in [-0.2, -0.15) is 0 Å². The third-order valence-corrected chi connectivity index (χ3v) is 4.20. The number of hydrogen-bond acceptors (Lipinski definition) is 2. The van der Waals surface area contributed by atoms with E-state index in [0.29, 0.717) is 0 Å². The Balaban J connectivity index is 1.72. The summed E-state index contributed by atoms with van der Waals surface area (Å²) < 4.78 is 0. The molecule has 2 heteroatoms. The van der Waals surface area contributed by atoms with Crippen LogP contribution < -0.4 is 5.32 Å². The first-order valence-electron chi connectivity index (χ1n) is 6.77. The molecule has 0 atom stereocenters. The standard InChI is InChI=1S/C13H26N2/c1-15(13-5-3-2-4-6-13)11-12-7-9-14-10-8-12/h12-14H,2-11H2,1H3. The molecule has 0 aromatic rings. The fraction of sp³-hybridized carbons (Fsp3) is 1.00. The summed E-state index contributed by atoms with van der Waals surface area (Å²) in [7, 11) is 2.35. The zero-order valence-corrected chi connectivity index (χ0v) is 10.2. The molecular weight excluding hydrogens is 184 g/mol. The quantitative estimate of drug-likeness (QED) is 0.768. The molecule has 0 spiro atoms. The molecule has 1 saturated carbocycles. The van der Waals surface area contributed by atoms with Crippen LogP contribution in [0, 0.1) is 5.92 Å². The lowest BCUT2D eigenvalue weighted by Crippen LogP contribution is -2.40. The molecule has 2 nitrogen and oxygen atoms in total. The van der Waals surface area contributed by atoms with Crippen molar-refractivity contribution in [2.45, 2.75) is 51.0 Å². The van der Waals surface area contributed by atoms with Gasteiger partial charge in [0, 0.05) is 12.6 Å². The molecule has 2 aliphatic rings. The van der Waals surface area contributed by atoms with Gasteiger partial charge in [0.05, 0.1) is 0 Å². The van der Waals surface area contributed by atoms with Crippen LogP contribution in [0.25, 0.3) is 0 Å². The summed E-state index contributed by atoms with van der Waals surface area (Å²) in [6.07, 6.45) is 10.1. The van der Waals surface area contributed by atoms with E-state index in [9.17, 15) is 0 Å². The minimum atomic E-state index is 0.897. The van der Waals surface area contributed by atoms with Gasteiger partial charge in [-0.25, -0.2) is 0 Å². The Labute approximate surface area is 94.4 Å². The second-order valence-corrected chi connectivity index (χ2v) is 5.42. The molecule has 0 unspecified atom stereocenters. The fourth-order valence-corrected chi connectivity index (χ4v) is 3.14. The third-order valence-electron chi connectivity index (χ3n) is 4.20. The highest BCUT2D eigenvalue weighted by Gasteiger charge is 2.21. The highest BCUT2D eigenvalue weighted by molar-refractivity contribution is 4.77. The molecule has 88 valence electrons. The molecule has 0 amide bonds. The van der Waals surface area contributed by atoms with Gasteiger partial charge in [-0.15, -0.1) is 0 Å². The largest absolute Gasteiger partial charge is 0.317 e. The lowest BCUT2D eigenvalue weighted by molar-refractivity contribution is 0.153. The molecule has 1 saturated heterocycles. The number of nitrogens with zero attached hydrogens (tertiary/aromatic N) is 1. The average molecular weight is 210 g/mol.